The van der Waals surface area contributed by atoms with E-state index < -0.39 is 0 Å². The van der Waals surface area contributed by atoms with E-state index >= 15 is 0 Å². The molecular formula is C19H14FN3O. The van der Waals surface area contributed by atoms with Crippen LogP contribution in [-0.4, -0.2) is 15.5 Å². The van der Waals surface area contributed by atoms with Gasteiger partial charge in [-0.05, 0) is 53.9 Å². The van der Waals surface area contributed by atoms with Crippen molar-refractivity contribution in [1.82, 2.24) is 9.55 Å². The molecule has 0 aliphatic rings. The van der Waals surface area contributed by atoms with E-state index in [1.807, 2.05) is 36.4 Å². The van der Waals surface area contributed by atoms with E-state index in [1.54, 1.807) is 23.0 Å². The number of halogens is 1. The molecule has 1 N–H and O–H groups in total. The normalized spacial score (nSPS) is 11.0. The molecule has 0 atom stereocenters. The summed E-state index contributed by atoms with van der Waals surface area (Å²) in [4.78, 5) is 16.7. The zero-order chi connectivity index (χ0) is 16.5. The van der Waals surface area contributed by atoms with E-state index in [-0.39, 0.29) is 18.3 Å². The first-order valence-electron chi connectivity index (χ1n) is 7.59. The molecule has 4 rings (SSSR count). The first-order chi connectivity index (χ1) is 11.7. The van der Waals surface area contributed by atoms with Gasteiger partial charge in [-0.3, -0.25) is 9.78 Å². The lowest BCUT2D eigenvalue weighted by atomic mass is 10.2. The van der Waals surface area contributed by atoms with Crippen LogP contribution in [0.2, 0.25) is 0 Å². The third-order valence-electron chi connectivity index (χ3n) is 3.97. The second-order valence-corrected chi connectivity index (χ2v) is 5.57. The van der Waals surface area contributed by atoms with Crippen LogP contribution >= 0.6 is 0 Å². The van der Waals surface area contributed by atoms with E-state index in [9.17, 15) is 9.18 Å². The Bertz CT molecular complexity index is 1050. The summed E-state index contributed by atoms with van der Waals surface area (Å²) in [5, 5.41) is 4.70. The molecule has 0 saturated heterocycles. The summed E-state index contributed by atoms with van der Waals surface area (Å²) in [5.41, 5.74) is 2.24. The van der Waals surface area contributed by atoms with Gasteiger partial charge in [-0.15, -0.1) is 0 Å². The Balaban J connectivity index is 1.61. The second kappa shape index (κ2) is 5.77. The lowest BCUT2D eigenvalue weighted by Crippen LogP contribution is -2.18. The third kappa shape index (κ3) is 2.60. The molecule has 2 aromatic carbocycles. The Hall–Kier alpha value is -3.21. The van der Waals surface area contributed by atoms with Crippen LogP contribution in [0.25, 0.3) is 21.8 Å². The first kappa shape index (κ1) is 14.4. The summed E-state index contributed by atoms with van der Waals surface area (Å²) < 4.78 is 15.2. The molecule has 118 valence electrons. The molecule has 0 aliphatic carbocycles. The molecule has 0 saturated carbocycles. The summed E-state index contributed by atoms with van der Waals surface area (Å²) in [5.74, 6) is -0.490. The van der Waals surface area contributed by atoms with Crippen molar-refractivity contribution in [3.8, 4) is 0 Å². The van der Waals surface area contributed by atoms with Crippen LogP contribution in [0, 0.1) is 5.82 Å². The largest absolute Gasteiger partial charge is 0.338 e. The number of pyridine rings is 1. The minimum absolute atomic E-state index is 0.115. The number of rotatable bonds is 3. The SMILES string of the molecule is O=C(Cn1ccc2ccc(F)cc21)Nc1cccc2ncccc12. The quantitative estimate of drug-likeness (QED) is 0.621. The van der Waals surface area contributed by atoms with Crippen molar-refractivity contribution in [2.24, 2.45) is 0 Å². The fraction of sp³-hybridized carbons (Fsp3) is 0.0526. The van der Waals surface area contributed by atoms with E-state index in [4.69, 9.17) is 0 Å². The summed E-state index contributed by atoms with van der Waals surface area (Å²) in [6.45, 7) is 0.115. The van der Waals surface area contributed by atoms with Crippen molar-refractivity contribution in [2.45, 2.75) is 6.54 Å². The van der Waals surface area contributed by atoms with Crippen LogP contribution in [0.3, 0.4) is 0 Å². The van der Waals surface area contributed by atoms with Crippen molar-refractivity contribution in [2.75, 3.05) is 5.32 Å². The summed E-state index contributed by atoms with van der Waals surface area (Å²) in [7, 11) is 0. The second-order valence-electron chi connectivity index (χ2n) is 5.57. The molecule has 2 aromatic heterocycles. The van der Waals surface area contributed by atoms with E-state index in [0.717, 1.165) is 16.3 Å². The number of hydrogen-bond donors (Lipinski definition) is 1. The molecule has 0 unspecified atom stereocenters. The number of benzene rings is 2. The summed E-state index contributed by atoms with van der Waals surface area (Å²) in [6.07, 6.45) is 3.50. The molecule has 4 nitrogen and oxygen atoms in total. The zero-order valence-electron chi connectivity index (χ0n) is 12.7. The molecule has 0 fully saturated rings. The Kier molecular flexibility index (Phi) is 3.46. The number of hydrogen-bond acceptors (Lipinski definition) is 2. The average Bonchev–Trinajstić information content (AvgIpc) is 2.97. The molecule has 0 spiro atoms. The van der Waals surface area contributed by atoms with Crippen molar-refractivity contribution < 1.29 is 9.18 Å². The highest BCUT2D eigenvalue weighted by molar-refractivity contribution is 6.01. The predicted octanol–water partition coefficient (Wildman–Crippen LogP) is 3.97. The van der Waals surface area contributed by atoms with Crippen LogP contribution in [0.1, 0.15) is 0 Å². The number of carbonyl (C=O) groups is 1. The van der Waals surface area contributed by atoms with Gasteiger partial charge < -0.3 is 9.88 Å². The van der Waals surface area contributed by atoms with Crippen LogP contribution in [-0.2, 0) is 11.3 Å². The highest BCUT2D eigenvalue weighted by Crippen LogP contribution is 2.22. The number of nitrogens with zero attached hydrogens (tertiary/aromatic N) is 2. The summed E-state index contributed by atoms with van der Waals surface area (Å²) in [6, 6.07) is 15.8. The number of amides is 1. The minimum atomic E-state index is -0.317. The summed E-state index contributed by atoms with van der Waals surface area (Å²) >= 11 is 0. The fourth-order valence-electron chi connectivity index (χ4n) is 2.85. The fourth-order valence-corrected chi connectivity index (χ4v) is 2.85. The standard InChI is InChI=1S/C19H14FN3O/c20-14-7-6-13-8-10-23(18(13)11-14)12-19(24)22-17-5-1-4-16-15(17)3-2-9-21-16/h1-11H,12H2,(H,22,24). The van der Waals surface area contributed by atoms with Gasteiger partial charge in [0.05, 0.1) is 16.7 Å². The van der Waals surface area contributed by atoms with Gasteiger partial charge in [-0.25, -0.2) is 4.39 Å². The molecular weight excluding hydrogens is 305 g/mol. The van der Waals surface area contributed by atoms with Gasteiger partial charge in [0, 0.05) is 17.8 Å². The van der Waals surface area contributed by atoms with Gasteiger partial charge in [-0.2, -0.15) is 0 Å². The van der Waals surface area contributed by atoms with Gasteiger partial charge in [-0.1, -0.05) is 6.07 Å². The van der Waals surface area contributed by atoms with Gasteiger partial charge >= 0.3 is 0 Å². The lowest BCUT2D eigenvalue weighted by Gasteiger charge is -2.09. The Labute approximate surface area is 137 Å². The van der Waals surface area contributed by atoms with Crippen LogP contribution < -0.4 is 5.32 Å². The maximum absolute atomic E-state index is 13.4. The number of aromatic nitrogens is 2. The predicted molar refractivity (Wildman–Crippen MR) is 92.3 cm³/mol. The molecule has 24 heavy (non-hydrogen) atoms. The smallest absolute Gasteiger partial charge is 0.244 e. The maximum Gasteiger partial charge on any atom is 0.244 e. The third-order valence-corrected chi connectivity index (χ3v) is 3.97. The highest BCUT2D eigenvalue weighted by atomic mass is 19.1. The van der Waals surface area contributed by atoms with E-state index in [2.05, 4.69) is 10.3 Å². The number of nitrogens with one attached hydrogen (secondary N) is 1. The number of fused-ring (bicyclic) bond motifs is 2. The van der Waals surface area contributed by atoms with Crippen LogP contribution in [0.5, 0.6) is 0 Å². The average molecular weight is 319 g/mol. The minimum Gasteiger partial charge on any atom is -0.338 e. The van der Waals surface area contributed by atoms with E-state index in [0.29, 0.717) is 11.2 Å². The molecule has 0 radical (unpaired) electrons. The van der Waals surface area contributed by atoms with Gasteiger partial charge in [0.2, 0.25) is 5.91 Å². The van der Waals surface area contributed by atoms with Crippen LogP contribution in [0.4, 0.5) is 10.1 Å². The first-order valence-corrected chi connectivity index (χ1v) is 7.59. The lowest BCUT2D eigenvalue weighted by molar-refractivity contribution is -0.116. The molecule has 0 bridgehead atoms. The molecule has 5 heteroatoms. The zero-order valence-corrected chi connectivity index (χ0v) is 12.7. The van der Waals surface area contributed by atoms with Crippen molar-refractivity contribution >= 4 is 33.4 Å². The van der Waals surface area contributed by atoms with Gasteiger partial charge in [0.1, 0.15) is 12.4 Å². The molecule has 2 heterocycles. The monoisotopic (exact) mass is 319 g/mol. The van der Waals surface area contributed by atoms with Crippen molar-refractivity contribution in [1.29, 1.82) is 0 Å². The Morgan fingerprint density at radius 1 is 1.12 bits per heavy atom. The van der Waals surface area contributed by atoms with E-state index in [1.165, 1.54) is 12.1 Å². The molecule has 4 aromatic rings. The Morgan fingerprint density at radius 3 is 2.96 bits per heavy atom. The topological polar surface area (TPSA) is 46.9 Å². The van der Waals surface area contributed by atoms with Gasteiger partial charge in [0.15, 0.2) is 0 Å². The molecule has 0 aliphatic heterocycles. The maximum atomic E-state index is 13.4. The van der Waals surface area contributed by atoms with Gasteiger partial charge in [0.25, 0.3) is 0 Å². The number of carbonyl (C=O) groups excluding carboxylic acids is 1. The van der Waals surface area contributed by atoms with Crippen molar-refractivity contribution in [3.05, 3.63) is 72.8 Å². The Morgan fingerprint density at radius 2 is 2.04 bits per heavy atom. The molecule has 1 amide bonds. The van der Waals surface area contributed by atoms with Crippen LogP contribution in [0.15, 0.2) is 67.0 Å². The number of anilines is 1. The highest BCUT2D eigenvalue weighted by Gasteiger charge is 2.09. The van der Waals surface area contributed by atoms with Crippen molar-refractivity contribution in [3.63, 3.8) is 0 Å².